The van der Waals surface area contributed by atoms with E-state index in [0.717, 1.165) is 0 Å². The maximum atomic E-state index is 14.6. The minimum Gasteiger partial charge on any atom is -0.508 e. The van der Waals surface area contributed by atoms with Crippen LogP contribution >= 0.6 is 34.8 Å². The summed E-state index contributed by atoms with van der Waals surface area (Å²) in [6, 6.07) is -1.61. The number of nitrogens with zero attached hydrogens (tertiary/aromatic N) is 1. The Labute approximate surface area is 231 Å². The molecule has 2 fully saturated rings. The van der Waals surface area contributed by atoms with Gasteiger partial charge in [-0.05, 0) is 64.7 Å². The van der Waals surface area contributed by atoms with Crippen LogP contribution in [0.25, 0.3) is 5.53 Å². The molecule has 4 rings (SSSR count). The molecule has 3 aliphatic carbocycles. The molecule has 3 N–H and O–H groups in total. The predicted octanol–water partition coefficient (Wildman–Crippen LogP) is 3.03. The van der Waals surface area contributed by atoms with Gasteiger partial charge in [0.2, 0.25) is 17.6 Å². The minimum absolute atomic E-state index is 0.179. The molecule has 4 aliphatic rings. The molecule has 11 heteroatoms. The largest absolute Gasteiger partial charge is 0.508 e. The predicted molar refractivity (Wildman–Crippen MR) is 138 cm³/mol. The number of hydrogen-bond donors (Lipinski definition) is 3. The average molecular weight is 576 g/mol. The molecule has 0 aromatic carbocycles. The molecular weight excluding hydrogens is 543 g/mol. The number of fused-ring (bicyclic) bond motifs is 1. The Morgan fingerprint density at radius 3 is 2.24 bits per heavy atom. The van der Waals surface area contributed by atoms with E-state index in [-0.39, 0.29) is 23.8 Å². The molecule has 1 heterocycles. The summed E-state index contributed by atoms with van der Waals surface area (Å²) in [5, 5.41) is 23.1. The van der Waals surface area contributed by atoms with Crippen molar-refractivity contribution in [3.05, 3.63) is 28.0 Å². The van der Waals surface area contributed by atoms with Crippen molar-refractivity contribution in [1.82, 2.24) is 0 Å². The lowest BCUT2D eigenvalue weighted by Gasteiger charge is -2.60. The molecule has 0 aromatic rings. The number of nitrogens with one attached hydrogen (secondary N) is 1. The van der Waals surface area contributed by atoms with Crippen LogP contribution in [0, 0.1) is 11.3 Å². The van der Waals surface area contributed by atoms with Gasteiger partial charge in [0.1, 0.15) is 10.6 Å². The Morgan fingerprint density at radius 2 is 1.68 bits per heavy atom. The number of aliphatic hydroxyl groups is 2. The van der Waals surface area contributed by atoms with Gasteiger partial charge in [-0.3, -0.25) is 14.4 Å². The highest BCUT2D eigenvalue weighted by molar-refractivity contribution is 6.45. The zero-order valence-corrected chi connectivity index (χ0v) is 24.0. The molecule has 37 heavy (non-hydrogen) atoms. The van der Waals surface area contributed by atoms with Crippen molar-refractivity contribution in [3.8, 4) is 0 Å². The standard InChI is InChI=1S/C26H33Cl3N2O6/c1-11-18(32)16-15(17(31-30)19(11)33)21(35)26(9-12-22(2,3)13(27)7-8-24(12,6)36)25(29,20(16)34)10-14(28)23(4,5)37-26/h12-14,17,31-32,36H,7-10H2,1-6H3. The molecule has 1 saturated heterocycles. The number of alkyl halides is 3. The fourth-order valence-electron chi connectivity index (χ4n) is 6.74. The first-order chi connectivity index (χ1) is 16.8. The van der Waals surface area contributed by atoms with E-state index in [1.54, 1.807) is 20.8 Å². The van der Waals surface area contributed by atoms with E-state index in [9.17, 15) is 30.1 Å². The first-order valence-electron chi connectivity index (χ1n) is 12.4. The molecular formula is C26H33Cl3N2O6. The second kappa shape index (κ2) is 8.59. The van der Waals surface area contributed by atoms with E-state index in [2.05, 4.69) is 0 Å². The second-order valence-electron chi connectivity index (χ2n) is 12.3. The summed E-state index contributed by atoms with van der Waals surface area (Å²) in [7, 11) is 0. The summed E-state index contributed by atoms with van der Waals surface area (Å²) in [6.07, 6.45) is 0.504. The minimum atomic E-state index is -2.08. The molecule has 0 amide bonds. The molecule has 0 spiro atoms. The van der Waals surface area contributed by atoms with Crippen molar-refractivity contribution >= 4 is 52.2 Å². The summed E-state index contributed by atoms with van der Waals surface area (Å²) < 4.78 is 6.49. The highest BCUT2D eigenvalue weighted by Gasteiger charge is 2.74. The van der Waals surface area contributed by atoms with Crippen LogP contribution in [0.15, 0.2) is 22.5 Å². The van der Waals surface area contributed by atoms with E-state index in [1.807, 2.05) is 19.0 Å². The Hall–Kier alpha value is -1.32. The van der Waals surface area contributed by atoms with Gasteiger partial charge in [0.15, 0.2) is 11.4 Å². The molecule has 8 nitrogen and oxygen atoms in total. The number of carbonyl (C=O) groups excluding carboxylic acids is 3. The van der Waals surface area contributed by atoms with Crippen molar-refractivity contribution in [3.63, 3.8) is 0 Å². The van der Waals surface area contributed by atoms with Crippen LogP contribution in [0.3, 0.4) is 0 Å². The highest BCUT2D eigenvalue weighted by Crippen LogP contribution is 2.61. The Kier molecular flexibility index (Phi) is 6.66. The van der Waals surface area contributed by atoms with Gasteiger partial charge < -0.3 is 25.6 Å². The Balaban J connectivity index is 2.03. The first-order valence-corrected chi connectivity index (χ1v) is 13.6. The summed E-state index contributed by atoms with van der Waals surface area (Å²) in [5.74, 6) is -3.75. The lowest BCUT2D eigenvalue weighted by atomic mass is 9.53. The van der Waals surface area contributed by atoms with Crippen LogP contribution in [0.5, 0.6) is 0 Å². The van der Waals surface area contributed by atoms with Crippen molar-refractivity contribution < 1.29 is 34.4 Å². The van der Waals surface area contributed by atoms with Gasteiger partial charge in [0.25, 0.3) is 0 Å². The fraction of sp³-hybridized carbons (Fsp3) is 0.731. The zero-order valence-electron chi connectivity index (χ0n) is 21.7. The summed E-state index contributed by atoms with van der Waals surface area (Å²) in [4.78, 5) is 39.7. The van der Waals surface area contributed by atoms with Gasteiger partial charge in [-0.2, -0.15) is 0 Å². The molecule has 0 radical (unpaired) electrons. The maximum Gasteiger partial charge on any atom is 0.233 e. The second-order valence-corrected chi connectivity index (χ2v) is 14.0. The van der Waals surface area contributed by atoms with E-state index in [4.69, 9.17) is 39.5 Å². The quantitative estimate of drug-likeness (QED) is 0.349. The van der Waals surface area contributed by atoms with Crippen molar-refractivity contribution in [2.75, 3.05) is 0 Å². The van der Waals surface area contributed by atoms with Crippen LogP contribution in [-0.4, -0.2) is 66.0 Å². The summed E-state index contributed by atoms with van der Waals surface area (Å²) in [5.41, 5.74) is 3.61. The molecule has 7 atom stereocenters. The molecule has 1 aliphatic heterocycles. The topological polar surface area (TPSA) is 137 Å². The lowest BCUT2D eigenvalue weighted by Crippen LogP contribution is -2.81. The highest BCUT2D eigenvalue weighted by atomic mass is 35.5. The number of hydrogen-bond acceptors (Lipinski definition) is 6. The maximum absolute atomic E-state index is 14.6. The van der Waals surface area contributed by atoms with Crippen LogP contribution in [-0.2, 0) is 19.1 Å². The third kappa shape index (κ3) is 3.73. The normalized spacial score (nSPS) is 43.5. The molecule has 1 saturated carbocycles. The zero-order chi connectivity index (χ0) is 28.1. The van der Waals surface area contributed by atoms with Gasteiger partial charge in [0, 0.05) is 11.0 Å². The molecule has 0 aromatic heterocycles. The number of Topliss-reactive ketones (excluding diaryl/α,β-unsaturated/α-hetero) is 3. The first kappa shape index (κ1) is 28.7. The smallest absolute Gasteiger partial charge is 0.233 e. The van der Waals surface area contributed by atoms with Gasteiger partial charge in [-0.25, -0.2) is 0 Å². The van der Waals surface area contributed by atoms with Crippen LogP contribution in [0.4, 0.5) is 0 Å². The van der Waals surface area contributed by atoms with Crippen molar-refractivity contribution in [1.29, 1.82) is 0 Å². The van der Waals surface area contributed by atoms with Gasteiger partial charge in [-0.1, -0.05) is 13.8 Å². The number of allylic oxidation sites excluding steroid dienone is 1. The van der Waals surface area contributed by atoms with Crippen LogP contribution in [0.2, 0.25) is 0 Å². The lowest BCUT2D eigenvalue weighted by molar-refractivity contribution is -0.498. The number of halogens is 3. The number of ketones is 3. The molecule has 0 bridgehead atoms. The van der Waals surface area contributed by atoms with Crippen LogP contribution < -0.4 is 5.11 Å². The third-order valence-corrected chi connectivity index (χ3v) is 11.3. The number of carbonyl (C=O) groups is 3. The van der Waals surface area contributed by atoms with E-state index < -0.39 is 78.7 Å². The SMILES string of the molecule is CC1=C(O)C2=C(C(=O)C3(CC4C(C)(O)CCC(Cl)C4(C)C)OC(C)(C)C(Cl)CC3(Cl)C2=O)C([NH+]=[N-])C1=O. The average Bonchev–Trinajstić information content (AvgIpc) is 2.79. The van der Waals surface area contributed by atoms with E-state index in [0.29, 0.717) is 12.8 Å². The van der Waals surface area contributed by atoms with Gasteiger partial charge >= 0.3 is 0 Å². The summed E-state index contributed by atoms with van der Waals surface area (Å²) in [6.45, 7) is 10.1. The Bertz CT molecular complexity index is 1170. The van der Waals surface area contributed by atoms with E-state index >= 15 is 0 Å². The molecule has 7 unspecified atom stereocenters. The fourth-order valence-corrected chi connectivity index (χ4v) is 7.81. The number of ether oxygens (including phenoxy) is 1. The van der Waals surface area contributed by atoms with E-state index in [1.165, 1.54) is 6.92 Å². The monoisotopic (exact) mass is 574 g/mol. The number of rotatable bonds is 3. The Morgan fingerprint density at radius 1 is 1.08 bits per heavy atom. The summed E-state index contributed by atoms with van der Waals surface area (Å²) >= 11 is 20.5. The van der Waals surface area contributed by atoms with Gasteiger partial charge in [0.05, 0.1) is 27.7 Å². The van der Waals surface area contributed by atoms with Crippen molar-refractivity contribution in [2.24, 2.45) is 11.3 Å². The van der Waals surface area contributed by atoms with Gasteiger partial charge in [-0.15, -0.1) is 34.8 Å². The van der Waals surface area contributed by atoms with Crippen molar-refractivity contribution in [2.45, 2.75) is 106 Å². The third-order valence-electron chi connectivity index (χ3n) is 9.25. The number of aliphatic hydroxyl groups excluding tert-OH is 1. The molecule has 204 valence electrons. The van der Waals surface area contributed by atoms with Crippen LogP contribution in [0.1, 0.15) is 67.2 Å².